The van der Waals surface area contributed by atoms with Crippen molar-refractivity contribution in [2.24, 2.45) is 5.41 Å². The molecule has 0 aliphatic carbocycles. The van der Waals surface area contributed by atoms with Crippen LogP contribution in [0.3, 0.4) is 0 Å². The second-order valence-electron chi connectivity index (χ2n) is 9.00. The SMILES string of the molecule is COc1ccc2c(c1)C(=O)N(C[C@@]1(C#Cc3ccc(CCCC(=O)C(C)(F)F)s3)CC(=O)NC1=O)C2. The first kappa shape index (κ1) is 25.5. The van der Waals surface area contributed by atoms with E-state index in [0.717, 1.165) is 10.4 Å². The number of halogens is 2. The van der Waals surface area contributed by atoms with Crippen LogP contribution >= 0.6 is 11.3 Å². The van der Waals surface area contributed by atoms with Crippen molar-refractivity contribution in [1.29, 1.82) is 0 Å². The Kier molecular flexibility index (Phi) is 6.96. The molecule has 1 N–H and O–H groups in total. The Balaban J connectivity index is 1.48. The van der Waals surface area contributed by atoms with Gasteiger partial charge in [-0.05, 0) is 42.7 Å². The number of ether oxygens (including phenoxy) is 1. The van der Waals surface area contributed by atoms with Crippen LogP contribution in [0.5, 0.6) is 5.75 Å². The molecular formula is C26H24F2N2O5S. The highest BCUT2D eigenvalue weighted by atomic mass is 32.1. The van der Waals surface area contributed by atoms with E-state index in [1.807, 2.05) is 0 Å². The topological polar surface area (TPSA) is 92.8 Å². The summed E-state index contributed by atoms with van der Waals surface area (Å²) in [4.78, 5) is 52.3. The quantitative estimate of drug-likeness (QED) is 0.431. The minimum atomic E-state index is -3.33. The van der Waals surface area contributed by atoms with Gasteiger partial charge < -0.3 is 9.64 Å². The summed E-state index contributed by atoms with van der Waals surface area (Å²) in [6.45, 7) is 0.847. The van der Waals surface area contributed by atoms with Gasteiger partial charge in [0.05, 0.1) is 18.4 Å². The van der Waals surface area contributed by atoms with Crippen molar-refractivity contribution < 1.29 is 32.7 Å². The largest absolute Gasteiger partial charge is 0.497 e. The lowest BCUT2D eigenvalue weighted by Gasteiger charge is -2.25. The number of benzene rings is 1. The summed E-state index contributed by atoms with van der Waals surface area (Å²) < 4.78 is 31.2. The number of amides is 3. The number of imide groups is 1. The van der Waals surface area contributed by atoms with Gasteiger partial charge in [-0.2, -0.15) is 8.78 Å². The lowest BCUT2D eigenvalue weighted by atomic mass is 9.86. The van der Waals surface area contributed by atoms with Crippen molar-refractivity contribution in [3.63, 3.8) is 0 Å². The fraction of sp³-hybridized carbons (Fsp3) is 0.385. The molecule has 2 aliphatic heterocycles. The number of carbonyl (C=O) groups excluding carboxylic acids is 4. The van der Waals surface area contributed by atoms with Crippen molar-refractivity contribution in [2.75, 3.05) is 13.7 Å². The highest BCUT2D eigenvalue weighted by Crippen LogP contribution is 2.34. The molecule has 0 bridgehead atoms. The van der Waals surface area contributed by atoms with Crippen molar-refractivity contribution in [2.45, 2.75) is 45.1 Å². The zero-order valence-electron chi connectivity index (χ0n) is 19.8. The maximum atomic E-state index is 13.0. The number of nitrogens with zero attached hydrogens (tertiary/aromatic N) is 1. The number of rotatable bonds is 8. The van der Waals surface area contributed by atoms with Gasteiger partial charge in [-0.15, -0.1) is 11.3 Å². The van der Waals surface area contributed by atoms with Gasteiger partial charge >= 0.3 is 5.92 Å². The molecule has 7 nitrogen and oxygen atoms in total. The second-order valence-corrected chi connectivity index (χ2v) is 10.2. The summed E-state index contributed by atoms with van der Waals surface area (Å²) in [5, 5.41) is 2.30. The van der Waals surface area contributed by atoms with E-state index in [1.54, 1.807) is 30.3 Å². The van der Waals surface area contributed by atoms with Crippen LogP contribution in [0.4, 0.5) is 8.78 Å². The number of alkyl halides is 2. The highest BCUT2D eigenvalue weighted by molar-refractivity contribution is 7.12. The van der Waals surface area contributed by atoms with Crippen LogP contribution in [0.25, 0.3) is 0 Å². The summed E-state index contributed by atoms with van der Waals surface area (Å²) in [7, 11) is 1.51. The van der Waals surface area contributed by atoms with Crippen LogP contribution in [-0.2, 0) is 27.3 Å². The number of aryl methyl sites for hydroxylation is 1. The maximum absolute atomic E-state index is 13.0. The zero-order valence-corrected chi connectivity index (χ0v) is 20.6. The third-order valence-corrected chi connectivity index (χ3v) is 7.27. The average molecular weight is 515 g/mol. The summed E-state index contributed by atoms with van der Waals surface area (Å²) in [6, 6.07) is 8.75. The third-order valence-electron chi connectivity index (χ3n) is 6.21. The van der Waals surface area contributed by atoms with Gasteiger partial charge in [-0.3, -0.25) is 24.5 Å². The van der Waals surface area contributed by atoms with Crippen molar-refractivity contribution in [3.8, 4) is 17.6 Å². The van der Waals surface area contributed by atoms with Gasteiger partial charge in [0.25, 0.3) is 5.91 Å². The Labute approximate surface area is 210 Å². The number of Topliss-reactive ketones (excluding diaryl/α,β-unsaturated/α-hetero) is 1. The van der Waals surface area contributed by atoms with Gasteiger partial charge in [0, 0.05) is 36.9 Å². The summed E-state index contributed by atoms with van der Waals surface area (Å²) in [6.07, 6.45) is 0.362. The van der Waals surface area contributed by atoms with Gasteiger partial charge in [0.2, 0.25) is 17.6 Å². The van der Waals surface area contributed by atoms with Crippen LogP contribution in [0, 0.1) is 17.3 Å². The number of fused-ring (bicyclic) bond motifs is 1. The molecule has 0 saturated carbocycles. The van der Waals surface area contributed by atoms with Gasteiger partial charge in [0.1, 0.15) is 11.2 Å². The molecule has 36 heavy (non-hydrogen) atoms. The lowest BCUT2D eigenvalue weighted by Crippen LogP contribution is -2.42. The fourth-order valence-corrected chi connectivity index (χ4v) is 5.14. The Bertz CT molecular complexity index is 1300. The van der Waals surface area contributed by atoms with E-state index < -0.39 is 28.9 Å². The van der Waals surface area contributed by atoms with Crippen molar-refractivity contribution >= 4 is 34.8 Å². The minimum Gasteiger partial charge on any atom is -0.497 e. The molecule has 0 radical (unpaired) electrons. The molecule has 1 aromatic heterocycles. The first-order valence-corrected chi connectivity index (χ1v) is 12.2. The predicted molar refractivity (Wildman–Crippen MR) is 128 cm³/mol. The van der Waals surface area contributed by atoms with Crippen LogP contribution in [-0.4, -0.2) is 48.0 Å². The van der Waals surface area contributed by atoms with Crippen LogP contribution in [0.15, 0.2) is 30.3 Å². The lowest BCUT2D eigenvalue weighted by molar-refractivity contribution is -0.140. The number of nitrogens with one attached hydrogen (secondary N) is 1. The first-order chi connectivity index (χ1) is 17.0. The Morgan fingerprint density at radius 2 is 2.03 bits per heavy atom. The maximum Gasteiger partial charge on any atom is 0.302 e. The minimum absolute atomic E-state index is 0.0427. The highest BCUT2D eigenvalue weighted by Gasteiger charge is 2.48. The van der Waals surface area contributed by atoms with Crippen molar-refractivity contribution in [1.82, 2.24) is 10.2 Å². The molecule has 1 aromatic carbocycles. The van der Waals surface area contributed by atoms with Crippen LogP contribution < -0.4 is 10.1 Å². The second kappa shape index (κ2) is 9.82. The fourth-order valence-electron chi connectivity index (χ4n) is 4.24. The van der Waals surface area contributed by atoms with E-state index >= 15 is 0 Å². The Hall–Kier alpha value is -3.58. The average Bonchev–Trinajstić information content (AvgIpc) is 3.48. The number of hydrogen-bond donors (Lipinski definition) is 1. The predicted octanol–water partition coefficient (Wildman–Crippen LogP) is 3.34. The summed E-state index contributed by atoms with van der Waals surface area (Å²) in [5.41, 5.74) is -0.0948. The van der Waals surface area contributed by atoms with Crippen molar-refractivity contribution in [3.05, 3.63) is 51.2 Å². The molecule has 4 rings (SSSR count). The monoisotopic (exact) mass is 514 g/mol. The number of ketones is 1. The molecule has 2 aliphatic rings. The first-order valence-electron chi connectivity index (χ1n) is 11.3. The summed E-state index contributed by atoms with van der Waals surface area (Å²) in [5.74, 6) is 0.785. The molecule has 3 heterocycles. The van der Waals surface area contributed by atoms with Crippen LogP contribution in [0.2, 0.25) is 0 Å². The standard InChI is InChI=1S/C26H24F2N2O5S/c1-25(27,28)21(31)5-3-4-18-8-9-19(36-18)10-11-26(13-22(32)29-24(26)34)15-30-14-16-6-7-17(35-2)12-20(16)23(30)33/h6-9,12H,3-5,13-15H2,1-2H3,(H,29,32,34)/t26-/m1/s1. The third kappa shape index (κ3) is 5.31. The number of thiophene rings is 1. The molecule has 10 heteroatoms. The van der Waals surface area contributed by atoms with E-state index in [-0.39, 0.29) is 25.3 Å². The Morgan fingerprint density at radius 1 is 1.25 bits per heavy atom. The molecule has 0 spiro atoms. The number of methoxy groups -OCH3 is 1. The molecule has 3 amide bonds. The molecule has 188 valence electrons. The molecular weight excluding hydrogens is 490 g/mol. The van der Waals surface area contributed by atoms with Crippen LogP contribution in [0.1, 0.15) is 51.9 Å². The molecule has 1 fully saturated rings. The molecule has 1 saturated heterocycles. The number of carbonyl (C=O) groups is 4. The van der Waals surface area contributed by atoms with Gasteiger partial charge in [-0.25, -0.2) is 0 Å². The van der Waals surface area contributed by atoms with E-state index in [2.05, 4.69) is 17.2 Å². The molecule has 1 atom stereocenters. The van der Waals surface area contributed by atoms with E-state index in [4.69, 9.17) is 4.74 Å². The Morgan fingerprint density at radius 3 is 2.69 bits per heavy atom. The van der Waals surface area contributed by atoms with Gasteiger partial charge in [0.15, 0.2) is 0 Å². The number of hydrogen-bond acceptors (Lipinski definition) is 6. The molecule has 0 unspecified atom stereocenters. The normalized spacial score (nSPS) is 19.1. The van der Waals surface area contributed by atoms with Gasteiger partial charge in [-0.1, -0.05) is 17.9 Å². The summed E-state index contributed by atoms with van der Waals surface area (Å²) >= 11 is 1.33. The molecule has 2 aromatic rings. The van der Waals surface area contributed by atoms with E-state index in [9.17, 15) is 28.0 Å². The van der Waals surface area contributed by atoms with E-state index in [0.29, 0.717) is 42.5 Å². The van der Waals surface area contributed by atoms with E-state index in [1.165, 1.54) is 23.3 Å². The zero-order chi connectivity index (χ0) is 26.1. The smallest absolute Gasteiger partial charge is 0.302 e.